The summed E-state index contributed by atoms with van der Waals surface area (Å²) >= 11 is 3.57. The van der Waals surface area contributed by atoms with E-state index in [9.17, 15) is 8.78 Å². The van der Waals surface area contributed by atoms with Gasteiger partial charge in [-0.25, -0.2) is 0 Å². The molecule has 0 aromatic heterocycles. The van der Waals surface area contributed by atoms with Gasteiger partial charge in [-0.1, -0.05) is 22.0 Å². The van der Waals surface area contributed by atoms with Crippen molar-refractivity contribution in [3.05, 3.63) is 33.3 Å². The maximum atomic E-state index is 11.9. The lowest BCUT2D eigenvalue weighted by molar-refractivity contribution is -0.129. The largest absolute Gasteiger partial charge is 0.345 e. The molecule has 1 aromatic rings. The number of alkyl halides is 2. The quantitative estimate of drug-likeness (QED) is 0.712. The van der Waals surface area contributed by atoms with Crippen LogP contribution in [0.3, 0.4) is 0 Å². The molecule has 1 fully saturated rings. The lowest BCUT2D eigenvalue weighted by Crippen LogP contribution is -2.15. The maximum absolute atomic E-state index is 11.9. The topological polar surface area (TPSA) is 21.3 Å². The third-order valence-corrected chi connectivity index (χ3v) is 4.34. The first-order valence-corrected chi connectivity index (χ1v) is 7.76. The van der Waals surface area contributed by atoms with Gasteiger partial charge in [-0.3, -0.25) is 0 Å². The lowest BCUT2D eigenvalue weighted by Gasteiger charge is -2.12. The monoisotopic (exact) mass is 347 g/mol. The van der Waals surface area contributed by atoms with E-state index < -0.39 is 6.61 Å². The van der Waals surface area contributed by atoms with Crippen LogP contribution in [0.1, 0.15) is 36.0 Å². The summed E-state index contributed by atoms with van der Waals surface area (Å²) in [5, 5.41) is 3.48. The molecular weight excluding hydrogens is 328 g/mol. The highest BCUT2D eigenvalue weighted by atomic mass is 79.9. The minimum absolute atomic E-state index is 0.0965. The Morgan fingerprint density at radius 1 is 1.40 bits per heavy atom. The predicted octanol–water partition coefficient (Wildman–Crippen LogP) is 4.18. The summed E-state index contributed by atoms with van der Waals surface area (Å²) < 4.78 is 29.2. The Hall–Kier alpha value is -0.520. The van der Waals surface area contributed by atoms with Crippen LogP contribution in [0, 0.1) is 6.92 Å². The highest BCUT2D eigenvalue weighted by Gasteiger charge is 2.20. The highest BCUT2D eigenvalue weighted by Crippen LogP contribution is 2.25. The van der Waals surface area contributed by atoms with Gasteiger partial charge >= 0.3 is 6.61 Å². The Bertz CT molecular complexity index is 450. The normalized spacial score (nSPS) is 15.1. The van der Waals surface area contributed by atoms with Crippen molar-refractivity contribution in [1.82, 2.24) is 5.32 Å². The zero-order valence-corrected chi connectivity index (χ0v) is 13.2. The second-order valence-corrected chi connectivity index (χ2v) is 6.11. The third kappa shape index (κ3) is 5.11. The summed E-state index contributed by atoms with van der Waals surface area (Å²) in [6.07, 6.45) is 3.90. The van der Waals surface area contributed by atoms with E-state index in [1.165, 1.54) is 29.5 Å². The van der Waals surface area contributed by atoms with Gasteiger partial charge in [0.15, 0.2) is 0 Å². The molecule has 2 rings (SSSR count). The molecule has 1 aliphatic carbocycles. The van der Waals surface area contributed by atoms with Gasteiger partial charge in [0.25, 0.3) is 0 Å². The molecule has 0 heterocycles. The number of nitrogens with one attached hydrogen (secondary N) is 1. The third-order valence-electron chi connectivity index (χ3n) is 3.52. The molecule has 1 aromatic carbocycles. The Kier molecular flexibility index (Phi) is 5.93. The van der Waals surface area contributed by atoms with Gasteiger partial charge in [-0.15, -0.1) is 0 Å². The number of benzene rings is 1. The van der Waals surface area contributed by atoms with E-state index in [4.69, 9.17) is 0 Å². The molecule has 1 aliphatic rings. The van der Waals surface area contributed by atoms with Crippen molar-refractivity contribution in [3.63, 3.8) is 0 Å². The van der Waals surface area contributed by atoms with Crippen molar-refractivity contribution in [2.75, 3.05) is 6.61 Å². The van der Waals surface area contributed by atoms with E-state index in [1.54, 1.807) is 0 Å². The SMILES string of the molecule is Cc1c(Br)cc(CNC2CC2)cc1CCCOC(F)F. The molecule has 0 spiro atoms. The molecule has 0 aliphatic heterocycles. The zero-order valence-electron chi connectivity index (χ0n) is 11.6. The number of ether oxygens (including phenoxy) is 1. The number of hydrogen-bond acceptors (Lipinski definition) is 2. The summed E-state index contributed by atoms with van der Waals surface area (Å²) in [5.41, 5.74) is 3.61. The molecule has 0 unspecified atom stereocenters. The minimum atomic E-state index is -2.67. The standard InChI is InChI=1S/C15H20BrF2NO/c1-10-12(3-2-6-20-15(17)18)7-11(8-14(10)16)9-19-13-4-5-13/h7-8,13,15,19H,2-6,9H2,1H3. The van der Waals surface area contributed by atoms with E-state index in [0.29, 0.717) is 12.5 Å². The lowest BCUT2D eigenvalue weighted by atomic mass is 10.0. The first-order valence-electron chi connectivity index (χ1n) is 6.97. The van der Waals surface area contributed by atoms with Gasteiger partial charge in [0, 0.05) is 17.1 Å². The first-order chi connectivity index (χ1) is 9.56. The van der Waals surface area contributed by atoms with Crippen molar-refractivity contribution in [2.24, 2.45) is 0 Å². The van der Waals surface area contributed by atoms with Gasteiger partial charge < -0.3 is 10.1 Å². The average molecular weight is 348 g/mol. The van der Waals surface area contributed by atoms with Crippen molar-refractivity contribution in [3.8, 4) is 0 Å². The number of rotatable bonds is 8. The van der Waals surface area contributed by atoms with Crippen LogP contribution < -0.4 is 5.32 Å². The van der Waals surface area contributed by atoms with Crippen molar-refractivity contribution in [2.45, 2.75) is 51.8 Å². The summed E-state index contributed by atoms with van der Waals surface area (Å²) in [6, 6.07) is 4.97. The summed E-state index contributed by atoms with van der Waals surface area (Å²) in [6.45, 7) is 0.339. The molecule has 2 nitrogen and oxygen atoms in total. The van der Waals surface area contributed by atoms with E-state index >= 15 is 0 Å². The highest BCUT2D eigenvalue weighted by molar-refractivity contribution is 9.10. The molecule has 1 saturated carbocycles. The molecule has 112 valence electrons. The fourth-order valence-electron chi connectivity index (χ4n) is 2.14. The smallest absolute Gasteiger partial charge is 0.323 e. The Balaban J connectivity index is 1.91. The fourth-order valence-corrected chi connectivity index (χ4v) is 2.69. The molecule has 0 atom stereocenters. The molecule has 0 saturated heterocycles. The maximum Gasteiger partial charge on any atom is 0.345 e. The van der Waals surface area contributed by atoms with Crippen LogP contribution >= 0.6 is 15.9 Å². The Morgan fingerprint density at radius 2 is 2.15 bits per heavy atom. The number of halogens is 3. The molecule has 0 amide bonds. The summed E-state index contributed by atoms with van der Waals surface area (Å²) in [5.74, 6) is 0. The minimum Gasteiger partial charge on any atom is -0.323 e. The molecule has 1 N–H and O–H groups in total. The van der Waals surface area contributed by atoms with Crippen molar-refractivity contribution >= 4 is 15.9 Å². The van der Waals surface area contributed by atoms with E-state index in [1.807, 2.05) is 6.92 Å². The Labute approximate surface area is 127 Å². The van der Waals surface area contributed by atoms with Gasteiger partial charge in [0.2, 0.25) is 0 Å². The summed E-state index contributed by atoms with van der Waals surface area (Å²) in [7, 11) is 0. The van der Waals surface area contributed by atoms with Crippen LogP contribution in [0.5, 0.6) is 0 Å². The van der Waals surface area contributed by atoms with Crippen LogP contribution in [0.25, 0.3) is 0 Å². The van der Waals surface area contributed by atoms with Crippen LogP contribution in [-0.2, 0) is 17.7 Å². The van der Waals surface area contributed by atoms with Crippen LogP contribution in [-0.4, -0.2) is 19.3 Å². The average Bonchev–Trinajstić information content (AvgIpc) is 3.21. The summed E-state index contributed by atoms with van der Waals surface area (Å²) in [4.78, 5) is 0. The number of hydrogen-bond donors (Lipinski definition) is 1. The van der Waals surface area contributed by atoms with Crippen molar-refractivity contribution in [1.29, 1.82) is 0 Å². The molecule has 0 bridgehead atoms. The van der Waals surface area contributed by atoms with Gasteiger partial charge in [0.1, 0.15) is 0 Å². The molecular formula is C15H20BrF2NO. The zero-order chi connectivity index (χ0) is 14.5. The van der Waals surface area contributed by atoms with E-state index in [2.05, 4.69) is 38.1 Å². The molecule has 0 radical (unpaired) electrons. The van der Waals surface area contributed by atoms with Crippen LogP contribution in [0.4, 0.5) is 8.78 Å². The van der Waals surface area contributed by atoms with Crippen LogP contribution in [0.2, 0.25) is 0 Å². The van der Waals surface area contributed by atoms with Gasteiger partial charge in [0.05, 0.1) is 6.61 Å². The fraction of sp³-hybridized carbons (Fsp3) is 0.600. The van der Waals surface area contributed by atoms with E-state index in [-0.39, 0.29) is 6.61 Å². The molecule has 5 heteroatoms. The predicted molar refractivity (Wildman–Crippen MR) is 79.0 cm³/mol. The van der Waals surface area contributed by atoms with Crippen molar-refractivity contribution < 1.29 is 13.5 Å². The second-order valence-electron chi connectivity index (χ2n) is 5.25. The first kappa shape index (κ1) is 15.9. The molecule has 20 heavy (non-hydrogen) atoms. The second kappa shape index (κ2) is 7.48. The van der Waals surface area contributed by atoms with E-state index in [0.717, 1.165) is 17.4 Å². The Morgan fingerprint density at radius 3 is 2.80 bits per heavy atom. The van der Waals surface area contributed by atoms with Gasteiger partial charge in [-0.05, 0) is 55.4 Å². The van der Waals surface area contributed by atoms with Crippen LogP contribution in [0.15, 0.2) is 16.6 Å². The van der Waals surface area contributed by atoms with Gasteiger partial charge in [-0.2, -0.15) is 8.78 Å². The number of aryl methyl sites for hydroxylation is 1.